The van der Waals surface area contributed by atoms with Gasteiger partial charge in [-0.1, -0.05) is 47.5 Å². The summed E-state index contributed by atoms with van der Waals surface area (Å²) in [5.41, 5.74) is 8.84. The number of nitrogens with one attached hydrogen (secondary N) is 2. The van der Waals surface area contributed by atoms with Crippen LogP contribution in [-0.2, 0) is 0 Å². The Hall–Kier alpha value is -4.21. The van der Waals surface area contributed by atoms with Crippen LogP contribution >= 0.6 is 22.7 Å². The zero-order valence-electron chi connectivity index (χ0n) is 21.3. The first-order valence-electron chi connectivity index (χ1n) is 11.9. The summed E-state index contributed by atoms with van der Waals surface area (Å²) in [5, 5.41) is 10.4. The number of carbonyl (C=O) groups excluding carboxylic acids is 2. The van der Waals surface area contributed by atoms with Gasteiger partial charge in [0.1, 0.15) is 5.69 Å². The van der Waals surface area contributed by atoms with Crippen LogP contribution in [0.15, 0.2) is 65.5 Å². The van der Waals surface area contributed by atoms with Crippen molar-refractivity contribution in [3.8, 4) is 22.5 Å². The average molecular weight is 540 g/mol. The number of benzene rings is 2. The summed E-state index contributed by atoms with van der Waals surface area (Å²) in [4.78, 5) is 38.7. The highest BCUT2D eigenvalue weighted by Gasteiger charge is 2.15. The quantitative estimate of drug-likeness (QED) is 0.241. The lowest BCUT2D eigenvalue weighted by Gasteiger charge is -2.05. The smallest absolute Gasteiger partial charge is 0.276 e. The number of rotatable bonds is 6. The Labute approximate surface area is 228 Å². The summed E-state index contributed by atoms with van der Waals surface area (Å²) in [7, 11) is 0. The molecule has 9 heteroatoms. The van der Waals surface area contributed by atoms with E-state index in [1.807, 2.05) is 55.8 Å². The third-order valence-electron chi connectivity index (χ3n) is 6.02. The van der Waals surface area contributed by atoms with Crippen molar-refractivity contribution in [1.29, 1.82) is 0 Å². The molecule has 3 aromatic heterocycles. The van der Waals surface area contributed by atoms with Crippen LogP contribution in [0.25, 0.3) is 22.5 Å². The molecule has 2 amide bonds. The van der Waals surface area contributed by atoms with Gasteiger partial charge in [0.2, 0.25) is 0 Å². The van der Waals surface area contributed by atoms with Crippen molar-refractivity contribution in [3.05, 3.63) is 99.0 Å². The average Bonchev–Trinajstić information content (AvgIpc) is 3.54. The van der Waals surface area contributed by atoms with Crippen LogP contribution in [-0.4, -0.2) is 26.8 Å². The number of carbonyl (C=O) groups is 2. The van der Waals surface area contributed by atoms with Gasteiger partial charge in [-0.05, 0) is 51.0 Å². The van der Waals surface area contributed by atoms with Gasteiger partial charge in [0.15, 0.2) is 10.3 Å². The molecule has 0 atom stereocenters. The van der Waals surface area contributed by atoms with E-state index in [1.54, 1.807) is 6.07 Å². The van der Waals surface area contributed by atoms with Gasteiger partial charge in [0.25, 0.3) is 11.8 Å². The molecule has 38 heavy (non-hydrogen) atoms. The van der Waals surface area contributed by atoms with Crippen LogP contribution < -0.4 is 10.6 Å². The second-order valence-electron chi connectivity index (χ2n) is 9.05. The van der Waals surface area contributed by atoms with Crippen molar-refractivity contribution in [2.75, 3.05) is 10.6 Å². The molecule has 0 fully saturated rings. The Morgan fingerprint density at radius 2 is 1.21 bits per heavy atom. The van der Waals surface area contributed by atoms with Crippen molar-refractivity contribution >= 4 is 44.8 Å². The topological polar surface area (TPSA) is 96.9 Å². The fourth-order valence-electron chi connectivity index (χ4n) is 4.10. The zero-order chi connectivity index (χ0) is 26.8. The molecule has 0 saturated carbocycles. The molecule has 2 aromatic carbocycles. The normalized spacial score (nSPS) is 10.8. The van der Waals surface area contributed by atoms with E-state index < -0.39 is 5.91 Å². The van der Waals surface area contributed by atoms with Crippen LogP contribution in [0, 0.1) is 27.7 Å². The van der Waals surface area contributed by atoms with E-state index in [9.17, 15) is 9.59 Å². The van der Waals surface area contributed by atoms with Gasteiger partial charge in [-0.25, -0.2) is 9.97 Å². The number of hydrogen-bond donors (Lipinski definition) is 2. The molecule has 0 bridgehead atoms. The van der Waals surface area contributed by atoms with Crippen molar-refractivity contribution in [2.45, 2.75) is 27.7 Å². The van der Waals surface area contributed by atoms with Crippen LogP contribution in [0.5, 0.6) is 0 Å². The summed E-state index contributed by atoms with van der Waals surface area (Å²) in [6, 6.07) is 15.5. The Morgan fingerprint density at radius 3 is 1.68 bits per heavy atom. The number of pyridine rings is 1. The lowest BCUT2D eigenvalue weighted by atomic mass is 10.0. The van der Waals surface area contributed by atoms with Crippen molar-refractivity contribution in [3.63, 3.8) is 0 Å². The van der Waals surface area contributed by atoms with Gasteiger partial charge in [0.05, 0.1) is 17.0 Å². The second-order valence-corrected chi connectivity index (χ2v) is 10.8. The standard InChI is InChI=1S/C29H25N5O2S2/c1-16-5-8-21(18(3)11-16)24-14-37-28(31-24)33-26(35)20-7-10-23(30-13-20)27(36)34-29-32-25(15-38-29)22-9-6-17(2)12-19(22)4/h5-15H,1-4H3,(H,31,33,35)(H,32,34,36). The fourth-order valence-corrected chi connectivity index (χ4v) is 5.52. The number of aryl methyl sites for hydroxylation is 4. The molecule has 0 aliphatic carbocycles. The van der Waals surface area contributed by atoms with Gasteiger partial charge in [-0.2, -0.15) is 0 Å². The molecule has 0 radical (unpaired) electrons. The summed E-state index contributed by atoms with van der Waals surface area (Å²) in [6.07, 6.45) is 1.38. The molecule has 3 heterocycles. The number of aromatic nitrogens is 3. The third kappa shape index (κ3) is 5.53. The first kappa shape index (κ1) is 25.4. The Balaban J connectivity index is 1.22. The predicted octanol–water partition coefficient (Wildman–Crippen LogP) is 7.07. The molecular weight excluding hydrogens is 514 g/mol. The molecule has 0 saturated heterocycles. The van der Waals surface area contributed by atoms with E-state index in [0.717, 1.165) is 33.6 Å². The lowest BCUT2D eigenvalue weighted by Crippen LogP contribution is -2.16. The van der Waals surface area contributed by atoms with Gasteiger partial charge >= 0.3 is 0 Å². The zero-order valence-corrected chi connectivity index (χ0v) is 23.0. The summed E-state index contributed by atoms with van der Waals surface area (Å²) in [6.45, 7) is 8.18. The van der Waals surface area contributed by atoms with Crippen molar-refractivity contribution in [2.24, 2.45) is 0 Å². The molecule has 0 aliphatic heterocycles. The minimum Gasteiger partial charge on any atom is -0.298 e. The Bertz CT molecular complexity index is 1530. The van der Waals surface area contributed by atoms with Crippen LogP contribution in [0.4, 0.5) is 10.3 Å². The maximum atomic E-state index is 12.7. The predicted molar refractivity (Wildman–Crippen MR) is 154 cm³/mol. The highest BCUT2D eigenvalue weighted by molar-refractivity contribution is 7.14. The van der Waals surface area contributed by atoms with E-state index in [1.165, 1.54) is 46.1 Å². The SMILES string of the molecule is Cc1ccc(-c2csc(NC(=O)c3ccc(C(=O)Nc4nc(-c5ccc(C)cc5C)cs4)nc3)n2)c(C)c1. The number of thiazole rings is 2. The minimum absolute atomic E-state index is 0.191. The van der Waals surface area contributed by atoms with Crippen molar-refractivity contribution < 1.29 is 9.59 Å². The largest absolute Gasteiger partial charge is 0.298 e. The highest BCUT2D eigenvalue weighted by Crippen LogP contribution is 2.29. The molecule has 0 spiro atoms. The molecule has 190 valence electrons. The van der Waals surface area contributed by atoms with Crippen molar-refractivity contribution in [1.82, 2.24) is 15.0 Å². The molecule has 5 aromatic rings. The molecule has 2 N–H and O–H groups in total. The van der Waals surface area contributed by atoms with E-state index in [0.29, 0.717) is 15.8 Å². The Morgan fingerprint density at radius 1 is 0.684 bits per heavy atom. The third-order valence-corrected chi connectivity index (χ3v) is 7.54. The summed E-state index contributed by atoms with van der Waals surface area (Å²) in [5.74, 6) is -0.736. The van der Waals surface area contributed by atoms with Gasteiger partial charge in [-0.3, -0.25) is 25.2 Å². The van der Waals surface area contributed by atoms with Crippen LogP contribution in [0.1, 0.15) is 43.1 Å². The Kier molecular flexibility index (Phi) is 7.13. The molecule has 0 aliphatic rings. The first-order valence-corrected chi connectivity index (χ1v) is 13.7. The fraction of sp³-hybridized carbons (Fsp3) is 0.138. The van der Waals surface area contributed by atoms with E-state index in [-0.39, 0.29) is 11.6 Å². The maximum absolute atomic E-state index is 12.7. The van der Waals surface area contributed by atoms with E-state index in [4.69, 9.17) is 0 Å². The molecule has 7 nitrogen and oxygen atoms in total. The number of nitrogens with zero attached hydrogens (tertiary/aromatic N) is 3. The van der Waals surface area contributed by atoms with Crippen LogP contribution in [0.2, 0.25) is 0 Å². The van der Waals surface area contributed by atoms with E-state index in [2.05, 4.69) is 44.6 Å². The van der Waals surface area contributed by atoms with Gasteiger partial charge in [0, 0.05) is 28.1 Å². The molecule has 0 unspecified atom stereocenters. The van der Waals surface area contributed by atoms with Gasteiger partial charge < -0.3 is 0 Å². The molecular formula is C29H25N5O2S2. The summed E-state index contributed by atoms with van der Waals surface area (Å²) >= 11 is 2.71. The minimum atomic E-state index is -0.392. The van der Waals surface area contributed by atoms with E-state index >= 15 is 0 Å². The lowest BCUT2D eigenvalue weighted by molar-refractivity contribution is 0.101. The maximum Gasteiger partial charge on any atom is 0.276 e. The molecule has 5 rings (SSSR count). The van der Waals surface area contributed by atoms with Crippen LogP contribution in [0.3, 0.4) is 0 Å². The summed E-state index contributed by atoms with van der Waals surface area (Å²) < 4.78 is 0. The number of amides is 2. The van der Waals surface area contributed by atoms with Gasteiger partial charge in [-0.15, -0.1) is 22.7 Å². The number of hydrogen-bond acceptors (Lipinski definition) is 7. The monoisotopic (exact) mass is 539 g/mol. The first-order chi connectivity index (χ1) is 18.3. The highest BCUT2D eigenvalue weighted by atomic mass is 32.1. The second kappa shape index (κ2) is 10.6. The number of anilines is 2.